The van der Waals surface area contributed by atoms with Gasteiger partial charge in [0.25, 0.3) is 12.4 Å². The molecule has 12 nitrogen and oxygen atoms in total. The molecule has 1 aromatic carbocycles. The maximum Gasteiger partial charge on any atom is 0.421 e. The summed E-state index contributed by atoms with van der Waals surface area (Å²) in [5.74, 6) is -2.81. The molecule has 204 valence electrons. The van der Waals surface area contributed by atoms with Gasteiger partial charge in [-0.3, -0.25) is 13.9 Å². The van der Waals surface area contributed by atoms with Gasteiger partial charge in [-0.2, -0.15) is 18.2 Å². The molecule has 3 rings (SSSR count). The zero-order chi connectivity index (χ0) is 28.7. The van der Waals surface area contributed by atoms with Crippen molar-refractivity contribution in [2.45, 2.75) is 12.7 Å². The number of anilines is 4. The van der Waals surface area contributed by atoms with Crippen LogP contribution in [0.2, 0.25) is 0 Å². The highest BCUT2D eigenvalue weighted by Crippen LogP contribution is 2.34. The van der Waals surface area contributed by atoms with Crippen molar-refractivity contribution >= 4 is 45.7 Å². The molecular formula is C21H21F4N7O5S. The van der Waals surface area contributed by atoms with Crippen LogP contribution in [0.5, 0.6) is 0 Å². The first-order valence-electron chi connectivity index (χ1n) is 10.2. The first-order valence-corrected chi connectivity index (χ1v) is 12.0. The van der Waals surface area contributed by atoms with E-state index in [0.717, 1.165) is 22.7 Å². The van der Waals surface area contributed by atoms with Crippen LogP contribution in [0.3, 0.4) is 0 Å². The standard InChI is InChI=1S/C20H19F4N7O3S.CH2O2/c1-31(35(2,33)34)18-11(4-3-7-26-18)9-27-17-14(20(22,23)24)10-28-19(30-17)29-12-5-6-13(16(25)32)15(21)8-12;2-1-3/h3-8,10H,9H2,1-2H3,(H2,25,32)(H2,27,28,29,30);1H,(H,2,3). The number of benzene rings is 1. The highest BCUT2D eigenvalue weighted by molar-refractivity contribution is 7.92. The van der Waals surface area contributed by atoms with Gasteiger partial charge in [-0.1, -0.05) is 6.07 Å². The molecule has 0 aliphatic carbocycles. The van der Waals surface area contributed by atoms with E-state index in [4.69, 9.17) is 15.6 Å². The molecule has 1 amide bonds. The van der Waals surface area contributed by atoms with E-state index in [2.05, 4.69) is 25.6 Å². The zero-order valence-electron chi connectivity index (χ0n) is 19.7. The number of nitrogens with zero attached hydrogens (tertiary/aromatic N) is 4. The number of hydrogen-bond acceptors (Lipinski definition) is 9. The van der Waals surface area contributed by atoms with Crippen molar-refractivity contribution in [1.82, 2.24) is 15.0 Å². The number of sulfonamides is 1. The molecule has 2 heterocycles. The maximum atomic E-state index is 14.0. The Morgan fingerprint density at radius 2 is 1.89 bits per heavy atom. The first-order chi connectivity index (χ1) is 17.7. The van der Waals surface area contributed by atoms with Crippen LogP contribution in [0.4, 0.5) is 40.8 Å². The molecule has 0 aliphatic heterocycles. The third kappa shape index (κ3) is 7.73. The Bertz CT molecular complexity index is 1420. The van der Waals surface area contributed by atoms with Crippen LogP contribution in [0.25, 0.3) is 0 Å². The SMILES string of the molecule is CN(c1ncccc1CNc1nc(Nc2ccc(C(N)=O)c(F)c2)ncc1C(F)(F)F)S(C)(=O)=O.O=CO. The fraction of sp³-hybridized carbons (Fsp3) is 0.190. The van der Waals surface area contributed by atoms with Gasteiger partial charge in [0, 0.05) is 37.2 Å². The van der Waals surface area contributed by atoms with Gasteiger partial charge in [0.05, 0.1) is 11.8 Å². The molecule has 38 heavy (non-hydrogen) atoms. The van der Waals surface area contributed by atoms with Crippen LogP contribution in [-0.4, -0.2) is 54.2 Å². The molecule has 17 heteroatoms. The lowest BCUT2D eigenvalue weighted by Crippen LogP contribution is -2.27. The first kappa shape index (κ1) is 29.7. The van der Waals surface area contributed by atoms with Crippen molar-refractivity contribution in [3.05, 3.63) is 65.2 Å². The van der Waals surface area contributed by atoms with E-state index in [1.54, 1.807) is 0 Å². The molecule has 2 aromatic heterocycles. The van der Waals surface area contributed by atoms with E-state index >= 15 is 0 Å². The van der Waals surface area contributed by atoms with Gasteiger partial charge in [-0.05, 0) is 24.3 Å². The topological polar surface area (TPSA) is 180 Å². The summed E-state index contributed by atoms with van der Waals surface area (Å²) < 4.78 is 79.3. The number of carboxylic acid groups (broad SMARTS) is 1. The number of nitrogens with one attached hydrogen (secondary N) is 2. The molecule has 0 unspecified atom stereocenters. The summed E-state index contributed by atoms with van der Waals surface area (Å²) in [6.07, 6.45) is -1.96. The minimum absolute atomic E-state index is 0.0217. The van der Waals surface area contributed by atoms with E-state index in [0.29, 0.717) is 6.20 Å². The van der Waals surface area contributed by atoms with Crippen LogP contribution in [0, 0.1) is 5.82 Å². The van der Waals surface area contributed by atoms with E-state index in [1.165, 1.54) is 31.4 Å². The maximum absolute atomic E-state index is 14.0. The van der Waals surface area contributed by atoms with Crippen LogP contribution in [-0.2, 0) is 27.5 Å². The molecular weight excluding hydrogens is 538 g/mol. The summed E-state index contributed by atoms with van der Waals surface area (Å²) in [5, 5.41) is 12.0. The average Bonchev–Trinajstić information content (AvgIpc) is 2.81. The summed E-state index contributed by atoms with van der Waals surface area (Å²) >= 11 is 0. The number of amides is 1. The van der Waals surface area contributed by atoms with Gasteiger partial charge in [0.2, 0.25) is 16.0 Å². The third-order valence-corrected chi connectivity index (χ3v) is 5.86. The van der Waals surface area contributed by atoms with Gasteiger partial charge in [0.1, 0.15) is 23.0 Å². The van der Waals surface area contributed by atoms with Crippen LogP contribution in [0.15, 0.2) is 42.7 Å². The Labute approximate surface area is 213 Å². The number of alkyl halides is 3. The molecule has 0 radical (unpaired) electrons. The van der Waals surface area contributed by atoms with Gasteiger partial charge in [-0.25, -0.2) is 22.8 Å². The number of primary amides is 1. The summed E-state index contributed by atoms with van der Waals surface area (Å²) in [4.78, 5) is 31.0. The largest absolute Gasteiger partial charge is 0.483 e. The number of rotatable bonds is 8. The Morgan fingerprint density at radius 1 is 1.24 bits per heavy atom. The molecule has 3 aromatic rings. The van der Waals surface area contributed by atoms with E-state index < -0.39 is 39.3 Å². The van der Waals surface area contributed by atoms with Crippen molar-refractivity contribution in [1.29, 1.82) is 0 Å². The third-order valence-electron chi connectivity index (χ3n) is 4.69. The van der Waals surface area contributed by atoms with Crippen molar-refractivity contribution in [2.75, 3.05) is 28.2 Å². The summed E-state index contributed by atoms with van der Waals surface area (Å²) in [5.41, 5.74) is 3.85. The summed E-state index contributed by atoms with van der Waals surface area (Å²) in [7, 11) is -2.42. The number of nitrogens with two attached hydrogens (primary N) is 1. The van der Waals surface area contributed by atoms with E-state index in [9.17, 15) is 30.8 Å². The Balaban J connectivity index is 0.00000161. The van der Waals surface area contributed by atoms with Gasteiger partial charge < -0.3 is 21.5 Å². The van der Waals surface area contributed by atoms with E-state index in [-0.39, 0.29) is 41.6 Å². The summed E-state index contributed by atoms with van der Waals surface area (Å²) in [6, 6.07) is 6.29. The van der Waals surface area contributed by atoms with Gasteiger partial charge in [0.15, 0.2) is 0 Å². The number of aromatic nitrogens is 3. The van der Waals surface area contributed by atoms with E-state index in [1.807, 2.05) is 0 Å². The van der Waals surface area contributed by atoms with Crippen molar-refractivity contribution in [3.63, 3.8) is 0 Å². The molecule has 0 spiro atoms. The number of pyridine rings is 1. The fourth-order valence-corrected chi connectivity index (χ4v) is 3.37. The molecule has 0 saturated carbocycles. The normalized spacial score (nSPS) is 11.1. The quantitative estimate of drug-likeness (QED) is 0.237. The number of hydrogen-bond donors (Lipinski definition) is 4. The van der Waals surface area contributed by atoms with Crippen LogP contribution < -0.4 is 20.7 Å². The highest BCUT2D eigenvalue weighted by Gasteiger charge is 2.35. The van der Waals surface area contributed by atoms with Crippen LogP contribution in [0.1, 0.15) is 21.5 Å². The second kappa shape index (κ2) is 12.1. The van der Waals surface area contributed by atoms with Gasteiger partial charge >= 0.3 is 6.18 Å². The summed E-state index contributed by atoms with van der Waals surface area (Å²) in [6.45, 7) is -0.509. The minimum Gasteiger partial charge on any atom is -0.483 e. The number of carbonyl (C=O) groups excluding carboxylic acids is 1. The fourth-order valence-electron chi connectivity index (χ4n) is 2.89. The molecule has 0 aliphatic rings. The Morgan fingerprint density at radius 3 is 2.45 bits per heavy atom. The number of halogens is 4. The highest BCUT2D eigenvalue weighted by atomic mass is 32.2. The monoisotopic (exact) mass is 559 g/mol. The predicted octanol–water partition coefficient (Wildman–Crippen LogP) is 2.58. The van der Waals surface area contributed by atoms with Crippen LogP contribution >= 0.6 is 0 Å². The number of carbonyl (C=O) groups is 2. The second-order valence-corrected chi connectivity index (χ2v) is 9.33. The molecule has 5 N–H and O–H groups in total. The lowest BCUT2D eigenvalue weighted by molar-refractivity contribution is -0.137. The smallest absolute Gasteiger partial charge is 0.421 e. The Kier molecular flexibility index (Phi) is 9.48. The van der Waals surface area contributed by atoms with Crippen molar-refractivity contribution < 1.29 is 40.7 Å². The van der Waals surface area contributed by atoms with Crippen molar-refractivity contribution in [3.8, 4) is 0 Å². The zero-order valence-corrected chi connectivity index (χ0v) is 20.5. The lowest BCUT2D eigenvalue weighted by atomic mass is 10.2. The average molecular weight is 560 g/mol. The molecule has 0 atom stereocenters. The Hall–Kier alpha value is -4.54. The van der Waals surface area contributed by atoms with Gasteiger partial charge in [-0.15, -0.1) is 0 Å². The lowest BCUT2D eigenvalue weighted by Gasteiger charge is -2.20. The predicted molar refractivity (Wildman–Crippen MR) is 129 cm³/mol. The molecule has 0 bridgehead atoms. The molecule has 0 fully saturated rings. The van der Waals surface area contributed by atoms with Crippen molar-refractivity contribution in [2.24, 2.45) is 5.73 Å². The second-order valence-electron chi connectivity index (χ2n) is 7.31. The minimum atomic E-state index is -4.81. The molecule has 0 saturated heterocycles.